The molecule has 4 aromatic rings. The molecule has 2 atom stereocenters. The van der Waals surface area contributed by atoms with Gasteiger partial charge in [0.15, 0.2) is 5.82 Å². The minimum absolute atomic E-state index is 0.0495. The standard InChI is InChI=1S/C25H24F3N3O5S/c1-16(25(26,27)28)17(2)31-22-10-9-21(14-19(22)6-11-24(31)32)37(33,34)30(23-12-13-36-29-23)15-18-4-7-20(35-3)8-5-18/h4-14,16-17H,15H2,1-3H3/t16?,17-/m0/s1. The zero-order chi connectivity index (χ0) is 27.0. The highest BCUT2D eigenvalue weighted by Crippen LogP contribution is 2.35. The van der Waals surface area contributed by atoms with Gasteiger partial charge in [0, 0.05) is 18.2 Å². The van der Waals surface area contributed by atoms with Crippen LogP contribution >= 0.6 is 0 Å². The molecular formula is C25H24F3N3O5S. The van der Waals surface area contributed by atoms with E-state index in [4.69, 9.17) is 9.26 Å². The van der Waals surface area contributed by atoms with Gasteiger partial charge in [-0.05, 0) is 54.3 Å². The Balaban J connectivity index is 1.78. The lowest BCUT2D eigenvalue weighted by atomic mass is 10.0. The Bertz CT molecular complexity index is 1550. The number of pyridine rings is 1. The smallest absolute Gasteiger partial charge is 0.393 e. The van der Waals surface area contributed by atoms with Gasteiger partial charge in [-0.3, -0.25) is 4.79 Å². The number of benzene rings is 2. The van der Waals surface area contributed by atoms with Crippen LogP contribution in [-0.4, -0.2) is 31.4 Å². The second-order valence-electron chi connectivity index (χ2n) is 8.55. The Kier molecular flexibility index (Phi) is 7.05. The molecule has 4 rings (SSSR count). The summed E-state index contributed by atoms with van der Waals surface area (Å²) in [6.45, 7) is 2.24. The third kappa shape index (κ3) is 5.19. The Labute approximate surface area is 210 Å². The summed E-state index contributed by atoms with van der Waals surface area (Å²) in [6, 6.07) is 13.5. The molecule has 0 bridgehead atoms. The fourth-order valence-electron chi connectivity index (χ4n) is 3.97. The fourth-order valence-corrected chi connectivity index (χ4v) is 5.40. The second-order valence-corrected chi connectivity index (χ2v) is 10.4. The molecule has 0 amide bonds. The predicted molar refractivity (Wildman–Crippen MR) is 131 cm³/mol. The summed E-state index contributed by atoms with van der Waals surface area (Å²) >= 11 is 0. The topological polar surface area (TPSA) is 94.6 Å². The Hall–Kier alpha value is -3.80. The van der Waals surface area contributed by atoms with Gasteiger partial charge in [0.1, 0.15) is 12.0 Å². The Morgan fingerprint density at radius 3 is 2.35 bits per heavy atom. The average molecular weight is 536 g/mol. The van der Waals surface area contributed by atoms with E-state index in [9.17, 15) is 26.4 Å². The molecule has 196 valence electrons. The normalized spacial score (nSPS) is 13.9. The SMILES string of the molecule is COc1ccc(CN(c2ccon2)S(=O)(=O)c2ccc3c(ccc(=O)n3[C@@H](C)C(C)C(F)(F)F)c2)cc1. The Morgan fingerprint density at radius 1 is 1.05 bits per heavy atom. The second kappa shape index (κ2) is 9.92. The van der Waals surface area contributed by atoms with Crippen molar-refractivity contribution >= 4 is 26.7 Å². The van der Waals surface area contributed by atoms with Crippen LogP contribution in [-0.2, 0) is 16.6 Å². The van der Waals surface area contributed by atoms with E-state index in [1.54, 1.807) is 24.3 Å². The molecule has 2 aromatic heterocycles. The van der Waals surface area contributed by atoms with Gasteiger partial charge in [0.25, 0.3) is 15.6 Å². The third-order valence-corrected chi connectivity index (χ3v) is 8.05. The quantitative estimate of drug-likeness (QED) is 0.310. The number of halogens is 3. The summed E-state index contributed by atoms with van der Waals surface area (Å²) in [5.74, 6) is -1.14. The first-order valence-electron chi connectivity index (χ1n) is 11.2. The van der Waals surface area contributed by atoms with Gasteiger partial charge in [0.2, 0.25) is 0 Å². The largest absolute Gasteiger partial charge is 0.497 e. The molecule has 0 aliphatic heterocycles. The lowest BCUT2D eigenvalue weighted by molar-refractivity contribution is -0.179. The van der Waals surface area contributed by atoms with E-state index in [0.29, 0.717) is 16.7 Å². The van der Waals surface area contributed by atoms with Crippen LogP contribution in [0.2, 0.25) is 0 Å². The molecule has 0 radical (unpaired) electrons. The molecular weight excluding hydrogens is 511 g/mol. The van der Waals surface area contributed by atoms with E-state index in [1.165, 1.54) is 50.6 Å². The maximum Gasteiger partial charge on any atom is 0.393 e. The highest BCUT2D eigenvalue weighted by Gasteiger charge is 2.40. The molecule has 37 heavy (non-hydrogen) atoms. The van der Waals surface area contributed by atoms with Crippen molar-refractivity contribution in [3.8, 4) is 5.75 Å². The van der Waals surface area contributed by atoms with E-state index in [-0.39, 0.29) is 22.8 Å². The van der Waals surface area contributed by atoms with Crippen LogP contribution in [0.1, 0.15) is 25.5 Å². The summed E-state index contributed by atoms with van der Waals surface area (Å²) < 4.78 is 79.7. The predicted octanol–water partition coefficient (Wildman–Crippen LogP) is 5.15. The molecule has 0 fully saturated rings. The molecule has 0 saturated heterocycles. The van der Waals surface area contributed by atoms with Crippen molar-refractivity contribution in [3.05, 3.63) is 82.8 Å². The van der Waals surface area contributed by atoms with Crippen LogP contribution in [0.4, 0.5) is 19.0 Å². The van der Waals surface area contributed by atoms with Crippen molar-refractivity contribution in [1.29, 1.82) is 0 Å². The van der Waals surface area contributed by atoms with Crippen molar-refractivity contribution < 1.29 is 30.8 Å². The number of hydrogen-bond donors (Lipinski definition) is 0. The number of alkyl halides is 3. The van der Waals surface area contributed by atoms with Gasteiger partial charge in [-0.25, -0.2) is 12.7 Å². The van der Waals surface area contributed by atoms with E-state index in [2.05, 4.69) is 5.16 Å². The van der Waals surface area contributed by atoms with Crippen LogP contribution in [0.15, 0.2) is 81.1 Å². The average Bonchev–Trinajstić information content (AvgIpc) is 3.40. The maximum atomic E-state index is 13.7. The minimum atomic E-state index is -4.51. The van der Waals surface area contributed by atoms with E-state index in [0.717, 1.165) is 21.9 Å². The summed E-state index contributed by atoms with van der Waals surface area (Å²) in [6.07, 6.45) is -3.27. The molecule has 0 N–H and O–H groups in total. The number of hydrogen-bond acceptors (Lipinski definition) is 6. The van der Waals surface area contributed by atoms with Crippen LogP contribution in [0.5, 0.6) is 5.75 Å². The van der Waals surface area contributed by atoms with Crippen molar-refractivity contribution in [2.24, 2.45) is 5.92 Å². The van der Waals surface area contributed by atoms with E-state index in [1.807, 2.05) is 0 Å². The van der Waals surface area contributed by atoms with Crippen molar-refractivity contribution in [3.63, 3.8) is 0 Å². The number of aromatic nitrogens is 2. The monoisotopic (exact) mass is 535 g/mol. The number of sulfonamides is 1. The number of anilines is 1. The highest BCUT2D eigenvalue weighted by molar-refractivity contribution is 7.92. The molecule has 0 saturated carbocycles. The van der Waals surface area contributed by atoms with Gasteiger partial charge in [-0.2, -0.15) is 13.2 Å². The van der Waals surface area contributed by atoms with Gasteiger partial charge in [-0.15, -0.1) is 0 Å². The molecule has 0 aliphatic carbocycles. The van der Waals surface area contributed by atoms with Crippen LogP contribution in [0.25, 0.3) is 10.9 Å². The lowest BCUT2D eigenvalue weighted by Gasteiger charge is -2.26. The molecule has 0 spiro atoms. The zero-order valence-corrected chi connectivity index (χ0v) is 21.0. The highest BCUT2D eigenvalue weighted by atomic mass is 32.2. The van der Waals surface area contributed by atoms with Crippen molar-refractivity contribution in [2.45, 2.75) is 37.5 Å². The van der Waals surface area contributed by atoms with Gasteiger partial charge in [0.05, 0.1) is 30.0 Å². The fraction of sp³-hybridized carbons (Fsp3) is 0.280. The minimum Gasteiger partial charge on any atom is -0.497 e. The van der Waals surface area contributed by atoms with Gasteiger partial charge in [-0.1, -0.05) is 24.2 Å². The third-order valence-electron chi connectivity index (χ3n) is 6.30. The summed E-state index contributed by atoms with van der Waals surface area (Å²) in [5.41, 5.74) is 0.227. The number of nitrogens with zero attached hydrogens (tertiary/aromatic N) is 3. The van der Waals surface area contributed by atoms with Crippen LogP contribution in [0.3, 0.4) is 0 Å². The molecule has 1 unspecified atom stereocenters. The van der Waals surface area contributed by atoms with Crippen molar-refractivity contribution in [1.82, 2.24) is 9.72 Å². The zero-order valence-electron chi connectivity index (χ0n) is 20.1. The van der Waals surface area contributed by atoms with Crippen LogP contribution < -0.4 is 14.6 Å². The number of methoxy groups -OCH3 is 1. The molecule has 0 aliphatic rings. The van der Waals surface area contributed by atoms with Gasteiger partial charge >= 0.3 is 6.18 Å². The summed E-state index contributed by atoms with van der Waals surface area (Å²) in [4.78, 5) is 12.4. The summed E-state index contributed by atoms with van der Waals surface area (Å²) in [5, 5.41) is 4.08. The first kappa shape index (κ1) is 26.3. The number of fused-ring (bicyclic) bond motifs is 1. The lowest BCUT2D eigenvalue weighted by Crippen LogP contribution is -2.34. The van der Waals surface area contributed by atoms with Crippen molar-refractivity contribution in [2.75, 3.05) is 11.4 Å². The molecule has 8 nitrogen and oxygen atoms in total. The first-order chi connectivity index (χ1) is 17.4. The first-order valence-corrected chi connectivity index (χ1v) is 12.7. The molecule has 2 aromatic carbocycles. The molecule has 12 heteroatoms. The van der Waals surface area contributed by atoms with E-state index < -0.39 is 33.7 Å². The number of ether oxygens (including phenoxy) is 1. The number of rotatable bonds is 8. The van der Waals surface area contributed by atoms with E-state index >= 15 is 0 Å². The Morgan fingerprint density at radius 2 is 1.76 bits per heavy atom. The van der Waals surface area contributed by atoms with Crippen LogP contribution in [0, 0.1) is 5.92 Å². The van der Waals surface area contributed by atoms with Gasteiger partial charge < -0.3 is 13.8 Å². The summed E-state index contributed by atoms with van der Waals surface area (Å²) in [7, 11) is -2.68. The maximum absolute atomic E-state index is 13.7. The molecule has 2 heterocycles.